The van der Waals surface area contributed by atoms with Crippen LogP contribution in [0.5, 0.6) is 5.75 Å². The molecule has 3 rings (SSSR count). The quantitative estimate of drug-likeness (QED) is 0.452. The highest BCUT2D eigenvalue weighted by molar-refractivity contribution is 5.80. The van der Waals surface area contributed by atoms with Crippen molar-refractivity contribution in [2.45, 2.75) is 19.8 Å². The predicted octanol–water partition coefficient (Wildman–Crippen LogP) is 2.01. The van der Waals surface area contributed by atoms with E-state index in [0.717, 1.165) is 77.3 Å². The Morgan fingerprint density at radius 1 is 0.968 bits per heavy atom. The molecule has 1 aromatic rings. The van der Waals surface area contributed by atoms with Crippen LogP contribution >= 0.6 is 0 Å². The molecule has 0 amide bonds. The molecule has 0 unspecified atom stereocenters. The summed E-state index contributed by atoms with van der Waals surface area (Å²) >= 11 is 0. The molecular formula is C24H41N5O2. The molecule has 7 heteroatoms. The number of ether oxygens (including phenoxy) is 2. The van der Waals surface area contributed by atoms with Gasteiger partial charge in [-0.15, -0.1) is 0 Å². The van der Waals surface area contributed by atoms with E-state index in [4.69, 9.17) is 14.5 Å². The Bertz CT molecular complexity index is 626. The standard InChI is InChI=1S/C24H41N5O2/c1-3-25-24(26-21-22-9-11-27(12-10-22)17-19-30-2)29-15-13-28(14-16-29)18-20-31-23-7-5-4-6-8-23/h4-8,22H,3,9-21H2,1-2H3,(H,25,26). The Hall–Kier alpha value is -1.83. The first-order chi connectivity index (χ1) is 15.3. The van der Waals surface area contributed by atoms with E-state index in [-0.39, 0.29) is 0 Å². The van der Waals surface area contributed by atoms with Gasteiger partial charge in [0.05, 0.1) is 6.61 Å². The predicted molar refractivity (Wildman–Crippen MR) is 127 cm³/mol. The van der Waals surface area contributed by atoms with Crippen molar-refractivity contribution < 1.29 is 9.47 Å². The smallest absolute Gasteiger partial charge is 0.194 e. The highest BCUT2D eigenvalue weighted by atomic mass is 16.5. The minimum Gasteiger partial charge on any atom is -0.492 e. The molecule has 0 aliphatic carbocycles. The van der Waals surface area contributed by atoms with E-state index in [9.17, 15) is 0 Å². The van der Waals surface area contributed by atoms with Crippen molar-refractivity contribution in [1.29, 1.82) is 0 Å². The van der Waals surface area contributed by atoms with Crippen molar-refractivity contribution in [2.24, 2.45) is 10.9 Å². The van der Waals surface area contributed by atoms with Crippen LogP contribution in [0.2, 0.25) is 0 Å². The van der Waals surface area contributed by atoms with Crippen molar-refractivity contribution in [3.8, 4) is 5.75 Å². The van der Waals surface area contributed by atoms with Gasteiger partial charge in [-0.2, -0.15) is 0 Å². The van der Waals surface area contributed by atoms with Gasteiger partial charge >= 0.3 is 0 Å². The topological polar surface area (TPSA) is 52.6 Å². The number of hydrogen-bond acceptors (Lipinski definition) is 5. The number of hydrogen-bond donors (Lipinski definition) is 1. The van der Waals surface area contributed by atoms with Gasteiger partial charge in [0, 0.05) is 59.5 Å². The molecule has 7 nitrogen and oxygen atoms in total. The molecule has 0 saturated carbocycles. The zero-order valence-electron chi connectivity index (χ0n) is 19.5. The van der Waals surface area contributed by atoms with Crippen molar-refractivity contribution in [2.75, 3.05) is 85.8 Å². The zero-order valence-corrected chi connectivity index (χ0v) is 19.5. The number of piperidine rings is 1. The number of likely N-dealkylation sites (tertiary alicyclic amines) is 1. The van der Waals surface area contributed by atoms with Gasteiger partial charge < -0.3 is 24.6 Å². The number of piperazine rings is 1. The molecule has 0 spiro atoms. The van der Waals surface area contributed by atoms with E-state index >= 15 is 0 Å². The number of para-hydroxylation sites is 1. The van der Waals surface area contributed by atoms with Crippen LogP contribution in [0.1, 0.15) is 19.8 Å². The van der Waals surface area contributed by atoms with Crippen molar-refractivity contribution in [3.05, 3.63) is 30.3 Å². The first kappa shape index (κ1) is 23.8. The first-order valence-corrected chi connectivity index (χ1v) is 11.9. The largest absolute Gasteiger partial charge is 0.492 e. The number of rotatable bonds is 10. The van der Waals surface area contributed by atoms with Crippen molar-refractivity contribution in [3.63, 3.8) is 0 Å². The third-order valence-electron chi connectivity index (χ3n) is 6.24. The number of guanidine groups is 1. The Kier molecular flexibility index (Phi) is 10.4. The monoisotopic (exact) mass is 431 g/mol. The SMILES string of the molecule is CCNC(=NCC1CCN(CCOC)CC1)N1CCN(CCOc2ccccc2)CC1. The Morgan fingerprint density at radius 3 is 2.32 bits per heavy atom. The molecule has 2 fully saturated rings. The zero-order chi connectivity index (χ0) is 21.7. The molecule has 0 radical (unpaired) electrons. The van der Waals surface area contributed by atoms with Crippen LogP contribution in [0.4, 0.5) is 0 Å². The Labute approximate surface area is 188 Å². The molecule has 2 aliphatic heterocycles. The summed E-state index contributed by atoms with van der Waals surface area (Å²) in [5, 5.41) is 3.51. The number of nitrogens with zero attached hydrogens (tertiary/aromatic N) is 4. The number of nitrogens with one attached hydrogen (secondary N) is 1. The third-order valence-corrected chi connectivity index (χ3v) is 6.24. The second-order valence-electron chi connectivity index (χ2n) is 8.46. The molecule has 0 atom stereocenters. The molecule has 0 bridgehead atoms. The molecule has 2 saturated heterocycles. The van der Waals surface area contributed by atoms with E-state index in [2.05, 4.69) is 26.9 Å². The van der Waals surface area contributed by atoms with E-state index in [1.54, 1.807) is 7.11 Å². The van der Waals surface area contributed by atoms with Crippen LogP contribution in [-0.2, 0) is 4.74 Å². The van der Waals surface area contributed by atoms with Gasteiger partial charge in [-0.25, -0.2) is 0 Å². The lowest BCUT2D eigenvalue weighted by Crippen LogP contribution is -2.53. The van der Waals surface area contributed by atoms with Crippen LogP contribution in [-0.4, -0.2) is 106 Å². The molecule has 174 valence electrons. The van der Waals surface area contributed by atoms with Crippen LogP contribution in [0.25, 0.3) is 0 Å². The molecule has 2 aliphatic rings. The maximum absolute atomic E-state index is 5.85. The fourth-order valence-electron chi connectivity index (χ4n) is 4.25. The van der Waals surface area contributed by atoms with Gasteiger partial charge in [-0.1, -0.05) is 18.2 Å². The lowest BCUT2D eigenvalue weighted by atomic mass is 9.97. The average molecular weight is 432 g/mol. The molecular weight excluding hydrogens is 390 g/mol. The summed E-state index contributed by atoms with van der Waals surface area (Å²) in [5.74, 6) is 2.74. The number of benzene rings is 1. The summed E-state index contributed by atoms with van der Waals surface area (Å²) in [6.07, 6.45) is 2.48. The van der Waals surface area contributed by atoms with Crippen molar-refractivity contribution >= 4 is 5.96 Å². The van der Waals surface area contributed by atoms with Gasteiger partial charge in [0.2, 0.25) is 0 Å². The van der Waals surface area contributed by atoms with E-state index < -0.39 is 0 Å². The maximum Gasteiger partial charge on any atom is 0.194 e. The van der Waals surface area contributed by atoms with Crippen LogP contribution in [0, 0.1) is 5.92 Å². The van der Waals surface area contributed by atoms with Crippen LogP contribution in [0.15, 0.2) is 35.3 Å². The second kappa shape index (κ2) is 13.6. The number of methoxy groups -OCH3 is 1. The molecule has 1 aromatic carbocycles. The lowest BCUT2D eigenvalue weighted by molar-refractivity contribution is 0.121. The lowest BCUT2D eigenvalue weighted by Gasteiger charge is -2.37. The normalized spacial score (nSPS) is 19.5. The van der Waals surface area contributed by atoms with Crippen molar-refractivity contribution in [1.82, 2.24) is 20.0 Å². The summed E-state index contributed by atoms with van der Waals surface area (Å²) < 4.78 is 11.1. The summed E-state index contributed by atoms with van der Waals surface area (Å²) in [6.45, 7) is 14.1. The molecule has 1 N–H and O–H groups in total. The van der Waals surface area contributed by atoms with Gasteiger partial charge in [-0.3, -0.25) is 9.89 Å². The van der Waals surface area contributed by atoms with Gasteiger partial charge in [0.15, 0.2) is 5.96 Å². The highest BCUT2D eigenvalue weighted by Crippen LogP contribution is 2.17. The highest BCUT2D eigenvalue weighted by Gasteiger charge is 2.22. The van der Waals surface area contributed by atoms with Gasteiger partial charge in [0.1, 0.15) is 12.4 Å². The Balaban J connectivity index is 1.37. The summed E-state index contributed by atoms with van der Waals surface area (Å²) in [4.78, 5) is 12.4. The van der Waals surface area contributed by atoms with Crippen LogP contribution < -0.4 is 10.1 Å². The van der Waals surface area contributed by atoms with Gasteiger partial charge in [-0.05, 0) is 50.9 Å². The second-order valence-corrected chi connectivity index (χ2v) is 8.46. The minimum atomic E-state index is 0.698. The van der Waals surface area contributed by atoms with E-state index in [0.29, 0.717) is 5.92 Å². The van der Waals surface area contributed by atoms with E-state index in [1.165, 1.54) is 25.9 Å². The molecule has 2 heterocycles. The van der Waals surface area contributed by atoms with Gasteiger partial charge in [0.25, 0.3) is 0 Å². The average Bonchev–Trinajstić information content (AvgIpc) is 2.82. The van der Waals surface area contributed by atoms with Crippen LogP contribution in [0.3, 0.4) is 0 Å². The minimum absolute atomic E-state index is 0.698. The molecule has 31 heavy (non-hydrogen) atoms. The third kappa shape index (κ3) is 8.31. The fourth-order valence-corrected chi connectivity index (χ4v) is 4.25. The Morgan fingerprint density at radius 2 is 1.65 bits per heavy atom. The summed E-state index contributed by atoms with van der Waals surface area (Å²) in [5.41, 5.74) is 0. The fraction of sp³-hybridized carbons (Fsp3) is 0.708. The first-order valence-electron chi connectivity index (χ1n) is 11.9. The molecule has 0 aromatic heterocycles. The summed E-state index contributed by atoms with van der Waals surface area (Å²) in [6, 6.07) is 10.1. The summed E-state index contributed by atoms with van der Waals surface area (Å²) in [7, 11) is 1.78. The maximum atomic E-state index is 5.85. The number of aliphatic imine (C=N–C) groups is 1. The van der Waals surface area contributed by atoms with E-state index in [1.807, 2.05) is 30.3 Å².